The molecule has 3 aliphatic heterocycles. The molecule has 17 atom stereocenters. The van der Waals surface area contributed by atoms with E-state index in [1.807, 2.05) is 0 Å². The van der Waals surface area contributed by atoms with E-state index in [9.17, 15) is 61.0 Å². The largest absolute Gasteiger partial charge is 0.394 e. The number of hydrogen-bond acceptors (Lipinski definition) is 18. The molecule has 3 saturated heterocycles. The number of hydrogen-bond donors (Lipinski definition) is 12. The minimum absolute atomic E-state index is 0.237. The number of rotatable bonds is 63. The smallest absolute Gasteiger partial charge is 0.220 e. The van der Waals surface area contributed by atoms with Gasteiger partial charge in [-0.25, -0.2) is 0 Å². The summed E-state index contributed by atoms with van der Waals surface area (Å²) in [6.07, 6.45) is 45.4. The first-order chi connectivity index (χ1) is 47.3. The van der Waals surface area contributed by atoms with Gasteiger partial charge in [-0.1, -0.05) is 301 Å². The third-order valence-electron chi connectivity index (χ3n) is 20.0. The van der Waals surface area contributed by atoms with Crippen LogP contribution < -0.4 is 5.32 Å². The molecule has 570 valence electrons. The topological polar surface area (TPSA) is 307 Å². The van der Waals surface area contributed by atoms with Crippen LogP contribution in [0.15, 0.2) is 36.5 Å². The summed E-state index contributed by atoms with van der Waals surface area (Å²) in [5.41, 5.74) is 0. The maximum absolute atomic E-state index is 13.5. The molecule has 17 unspecified atom stereocenters. The first-order valence-electron chi connectivity index (χ1n) is 39.7. The fraction of sp³-hybridized carbons (Fsp3) is 0.910. The highest BCUT2D eigenvalue weighted by Gasteiger charge is 2.54. The molecule has 3 heterocycles. The standard InChI is InChI=1S/C78H145NO18/c1-3-5-7-9-11-13-15-17-19-20-21-22-23-24-25-26-27-28-29-30-31-32-33-34-35-36-37-38-39-40-42-44-46-48-50-52-54-56-66(84)79-61(62(83)55-53-51-49-47-45-43-41-18-16-14-12-10-8-6-4-2)60-92-76-72(90)69(87)74(64(58-81)94-76)97-78-73(91)70(88)75(65(59-82)95-78)96-77-71(89)68(86)67(85)63(57-80)93-77/h15,17,20-21,23-24,61-65,67-78,80-83,85-91H,3-14,16,18-19,22,25-60H2,1-2H3,(H,79,84)/b17-15-,21-20-,24-23-. The summed E-state index contributed by atoms with van der Waals surface area (Å²) in [5, 5.41) is 121. The first kappa shape index (κ1) is 89.2. The van der Waals surface area contributed by atoms with E-state index in [0.717, 1.165) is 57.8 Å². The van der Waals surface area contributed by atoms with Crippen molar-refractivity contribution in [3.05, 3.63) is 36.5 Å². The van der Waals surface area contributed by atoms with Crippen LogP contribution in [0.5, 0.6) is 0 Å². The number of aliphatic hydroxyl groups is 11. The van der Waals surface area contributed by atoms with Gasteiger partial charge in [0.2, 0.25) is 5.91 Å². The lowest BCUT2D eigenvalue weighted by molar-refractivity contribution is -0.379. The zero-order chi connectivity index (χ0) is 70.4. The van der Waals surface area contributed by atoms with Crippen molar-refractivity contribution in [3.63, 3.8) is 0 Å². The summed E-state index contributed by atoms with van der Waals surface area (Å²) >= 11 is 0. The molecule has 12 N–H and O–H groups in total. The zero-order valence-corrected chi connectivity index (χ0v) is 60.8. The van der Waals surface area contributed by atoms with Crippen LogP contribution in [0.4, 0.5) is 0 Å². The van der Waals surface area contributed by atoms with Crippen LogP contribution in [0.3, 0.4) is 0 Å². The normalized spacial score (nSPS) is 27.0. The minimum Gasteiger partial charge on any atom is -0.394 e. The summed E-state index contributed by atoms with van der Waals surface area (Å²) in [7, 11) is 0. The molecule has 0 aromatic carbocycles. The van der Waals surface area contributed by atoms with E-state index in [1.165, 1.54) is 231 Å². The summed E-state index contributed by atoms with van der Waals surface area (Å²) in [4.78, 5) is 13.5. The number of nitrogens with one attached hydrogen (secondary N) is 1. The Kier molecular flexibility index (Phi) is 54.6. The summed E-state index contributed by atoms with van der Waals surface area (Å²) in [6.45, 7) is 1.82. The van der Waals surface area contributed by atoms with Crippen molar-refractivity contribution in [2.24, 2.45) is 0 Å². The van der Waals surface area contributed by atoms with Crippen LogP contribution in [0.25, 0.3) is 0 Å². The molecule has 3 rings (SSSR count). The van der Waals surface area contributed by atoms with Gasteiger partial charge in [0.15, 0.2) is 18.9 Å². The maximum Gasteiger partial charge on any atom is 0.220 e. The third kappa shape index (κ3) is 40.0. The average molecular weight is 1390 g/mol. The molecule has 0 aliphatic carbocycles. The van der Waals surface area contributed by atoms with Gasteiger partial charge in [-0.15, -0.1) is 0 Å². The van der Waals surface area contributed by atoms with Gasteiger partial charge in [-0.2, -0.15) is 0 Å². The Balaban J connectivity index is 1.30. The third-order valence-corrected chi connectivity index (χ3v) is 20.0. The molecule has 0 aromatic rings. The van der Waals surface area contributed by atoms with Gasteiger partial charge in [0.1, 0.15) is 73.2 Å². The minimum atomic E-state index is -1.97. The fourth-order valence-corrected chi connectivity index (χ4v) is 13.6. The van der Waals surface area contributed by atoms with E-state index in [4.69, 9.17) is 28.4 Å². The average Bonchev–Trinajstić information content (AvgIpc) is 0.789. The van der Waals surface area contributed by atoms with Crippen LogP contribution >= 0.6 is 0 Å². The summed E-state index contributed by atoms with van der Waals surface area (Å²) in [6, 6.07) is -0.885. The monoisotopic (exact) mass is 1380 g/mol. The van der Waals surface area contributed by atoms with E-state index in [1.54, 1.807) is 0 Å². The van der Waals surface area contributed by atoms with Crippen molar-refractivity contribution in [2.45, 2.75) is 426 Å². The molecule has 0 saturated carbocycles. The molecule has 97 heavy (non-hydrogen) atoms. The van der Waals surface area contributed by atoms with Crippen LogP contribution in [-0.2, 0) is 33.2 Å². The Hall–Kier alpha value is -1.99. The van der Waals surface area contributed by atoms with Crippen molar-refractivity contribution in [3.8, 4) is 0 Å². The number of allylic oxidation sites excluding steroid dienone is 6. The lowest BCUT2D eigenvalue weighted by Gasteiger charge is -2.48. The number of amides is 1. The van der Waals surface area contributed by atoms with E-state index in [2.05, 4.69) is 55.6 Å². The maximum atomic E-state index is 13.5. The number of carbonyl (C=O) groups is 1. The van der Waals surface area contributed by atoms with Crippen molar-refractivity contribution < 1.29 is 89.4 Å². The molecule has 3 fully saturated rings. The second-order valence-electron chi connectivity index (χ2n) is 28.5. The number of carbonyl (C=O) groups excluding carboxylic acids is 1. The fourth-order valence-electron chi connectivity index (χ4n) is 13.6. The Morgan fingerprint density at radius 1 is 0.371 bits per heavy atom. The van der Waals surface area contributed by atoms with Crippen molar-refractivity contribution in [2.75, 3.05) is 26.4 Å². The van der Waals surface area contributed by atoms with E-state index >= 15 is 0 Å². The SMILES string of the molecule is CCCCCCC/C=C\C/C=C\C/C=C\CCCCCCCCCCCCCCCCCCCCCCCCC(=O)NC(COC1OC(CO)C(OC2OC(CO)C(OC3OC(CO)C(O)C(O)C3O)C(O)C2O)C(O)C1O)C(O)CCCCCCCCCCCCCCCCC. The van der Waals surface area contributed by atoms with Gasteiger partial charge in [0.25, 0.3) is 0 Å². The van der Waals surface area contributed by atoms with Crippen molar-refractivity contribution >= 4 is 5.91 Å². The quantitative estimate of drug-likeness (QED) is 0.0199. The van der Waals surface area contributed by atoms with Crippen LogP contribution in [0.2, 0.25) is 0 Å². The second-order valence-corrected chi connectivity index (χ2v) is 28.5. The van der Waals surface area contributed by atoms with E-state index < -0.39 is 124 Å². The van der Waals surface area contributed by atoms with Gasteiger partial charge in [0.05, 0.1) is 38.6 Å². The van der Waals surface area contributed by atoms with Gasteiger partial charge in [-0.05, 0) is 51.4 Å². The first-order valence-corrected chi connectivity index (χ1v) is 39.7. The van der Waals surface area contributed by atoms with Gasteiger partial charge < -0.3 is 89.9 Å². The van der Waals surface area contributed by atoms with Gasteiger partial charge in [-0.3, -0.25) is 4.79 Å². The van der Waals surface area contributed by atoms with Crippen molar-refractivity contribution in [1.82, 2.24) is 5.32 Å². The molecule has 3 aliphatic rings. The number of aliphatic hydroxyl groups excluding tert-OH is 11. The van der Waals surface area contributed by atoms with Crippen LogP contribution in [-0.4, -0.2) is 193 Å². The zero-order valence-electron chi connectivity index (χ0n) is 60.8. The molecular weight excluding hydrogens is 1240 g/mol. The number of unbranched alkanes of at least 4 members (excludes halogenated alkanes) is 41. The van der Waals surface area contributed by atoms with Crippen LogP contribution in [0.1, 0.15) is 322 Å². The molecule has 0 spiro atoms. The highest BCUT2D eigenvalue weighted by atomic mass is 16.8. The Labute approximate surface area is 587 Å². The predicted molar refractivity (Wildman–Crippen MR) is 383 cm³/mol. The summed E-state index contributed by atoms with van der Waals surface area (Å²) < 4.78 is 34.5. The predicted octanol–water partition coefficient (Wildman–Crippen LogP) is 12.7. The Bertz CT molecular complexity index is 1900. The molecule has 19 nitrogen and oxygen atoms in total. The highest BCUT2D eigenvalue weighted by Crippen LogP contribution is 2.33. The molecule has 19 heteroatoms. The Morgan fingerprint density at radius 2 is 0.680 bits per heavy atom. The molecule has 1 amide bonds. The molecular formula is C78H145NO18. The molecule has 0 bridgehead atoms. The summed E-state index contributed by atoms with van der Waals surface area (Å²) in [5.74, 6) is -0.237. The number of ether oxygens (including phenoxy) is 6. The van der Waals surface area contributed by atoms with Crippen molar-refractivity contribution in [1.29, 1.82) is 0 Å². The molecule has 0 radical (unpaired) electrons. The lowest BCUT2D eigenvalue weighted by atomic mass is 9.96. The Morgan fingerprint density at radius 3 is 1.06 bits per heavy atom. The second kappa shape index (κ2) is 59.4. The van der Waals surface area contributed by atoms with E-state index in [0.29, 0.717) is 12.8 Å². The lowest BCUT2D eigenvalue weighted by Crippen LogP contribution is -2.66. The van der Waals surface area contributed by atoms with Gasteiger partial charge in [0, 0.05) is 6.42 Å². The van der Waals surface area contributed by atoms with E-state index in [-0.39, 0.29) is 18.9 Å². The molecule has 0 aromatic heterocycles. The van der Waals surface area contributed by atoms with Gasteiger partial charge >= 0.3 is 0 Å². The highest BCUT2D eigenvalue weighted by molar-refractivity contribution is 5.76. The van der Waals surface area contributed by atoms with Crippen LogP contribution in [0, 0.1) is 0 Å².